The second-order valence-electron chi connectivity index (χ2n) is 5.22. The molecule has 2 aromatic carbocycles. The summed E-state index contributed by atoms with van der Waals surface area (Å²) in [6.07, 6.45) is 3.36. The fourth-order valence-electron chi connectivity index (χ4n) is 2.10. The van der Waals surface area contributed by atoms with E-state index in [9.17, 15) is 0 Å². The highest BCUT2D eigenvalue weighted by Crippen LogP contribution is 2.30. The van der Waals surface area contributed by atoms with E-state index in [4.69, 9.17) is 16.3 Å². The lowest BCUT2D eigenvalue weighted by molar-refractivity contribution is 0.300. The Morgan fingerprint density at radius 1 is 1.10 bits per heavy atom. The van der Waals surface area contributed by atoms with E-state index in [2.05, 4.69) is 36.1 Å². The van der Waals surface area contributed by atoms with Crippen molar-refractivity contribution in [1.82, 2.24) is 0 Å². The number of ether oxygens (including phenoxy) is 1. The van der Waals surface area contributed by atoms with Gasteiger partial charge in [0.2, 0.25) is 0 Å². The van der Waals surface area contributed by atoms with Gasteiger partial charge in [0, 0.05) is 17.9 Å². The van der Waals surface area contributed by atoms with Crippen molar-refractivity contribution < 1.29 is 4.74 Å². The highest BCUT2D eigenvalue weighted by Gasteiger charge is 2.21. The van der Waals surface area contributed by atoms with Crippen molar-refractivity contribution in [2.24, 2.45) is 5.92 Å². The maximum absolute atomic E-state index is 5.81. The minimum atomic E-state index is 0.586. The third-order valence-electron chi connectivity index (χ3n) is 3.45. The first-order valence-electron chi connectivity index (χ1n) is 7.06. The molecule has 0 N–H and O–H groups in total. The largest absolute Gasteiger partial charge is 0.493 e. The summed E-state index contributed by atoms with van der Waals surface area (Å²) in [5.41, 5.74) is 1.04. The zero-order chi connectivity index (χ0) is 13.8. The van der Waals surface area contributed by atoms with Gasteiger partial charge in [0.05, 0.1) is 6.61 Å². The van der Waals surface area contributed by atoms with Gasteiger partial charge in [0.25, 0.3) is 0 Å². The first kappa shape index (κ1) is 13.3. The van der Waals surface area contributed by atoms with Crippen LogP contribution in [0.3, 0.4) is 0 Å². The van der Waals surface area contributed by atoms with Crippen molar-refractivity contribution in [3.63, 3.8) is 0 Å². The molecule has 0 amide bonds. The van der Waals surface area contributed by atoms with Gasteiger partial charge in [-0.15, -0.1) is 11.6 Å². The molecule has 1 aliphatic carbocycles. The van der Waals surface area contributed by atoms with E-state index < -0.39 is 0 Å². The second kappa shape index (κ2) is 6.20. The number of hydrogen-bond donors (Lipinski definition) is 0. The minimum absolute atomic E-state index is 0.586. The number of fused-ring (bicyclic) bond motifs is 1. The van der Waals surface area contributed by atoms with Crippen LogP contribution < -0.4 is 4.74 Å². The standard InChI is InChI=1S/C18H17ClO/c19-10-2-1-3-14-6-7-17-12-18(9-8-16(17)11-14)20-13-15-4-5-15/h6-9,11-12,15H,2,4-5,10,13H2. The molecule has 0 radical (unpaired) electrons. The fourth-order valence-corrected chi connectivity index (χ4v) is 2.20. The van der Waals surface area contributed by atoms with Crippen molar-refractivity contribution in [3.8, 4) is 17.6 Å². The van der Waals surface area contributed by atoms with E-state index in [-0.39, 0.29) is 0 Å². The van der Waals surface area contributed by atoms with Gasteiger partial charge < -0.3 is 4.74 Å². The van der Waals surface area contributed by atoms with E-state index in [1.165, 1.54) is 23.6 Å². The van der Waals surface area contributed by atoms with Crippen LogP contribution in [-0.4, -0.2) is 12.5 Å². The molecule has 1 saturated carbocycles. The monoisotopic (exact) mass is 284 g/mol. The first-order valence-corrected chi connectivity index (χ1v) is 7.60. The van der Waals surface area contributed by atoms with Crippen LogP contribution in [0.15, 0.2) is 36.4 Å². The van der Waals surface area contributed by atoms with E-state index in [1.807, 2.05) is 12.1 Å². The maximum atomic E-state index is 5.81. The molecule has 1 nitrogen and oxygen atoms in total. The average molecular weight is 285 g/mol. The molecule has 0 aromatic heterocycles. The van der Waals surface area contributed by atoms with Crippen LogP contribution in [0.5, 0.6) is 5.75 Å². The summed E-state index contributed by atoms with van der Waals surface area (Å²) < 4.78 is 5.81. The Hall–Kier alpha value is -1.65. The molecule has 0 spiro atoms. The molecule has 0 unspecified atom stereocenters. The Balaban J connectivity index is 1.77. The SMILES string of the molecule is ClCCC#Cc1ccc2cc(OCC3CC3)ccc2c1. The van der Waals surface area contributed by atoms with Gasteiger partial charge in [-0.25, -0.2) is 0 Å². The van der Waals surface area contributed by atoms with Gasteiger partial charge in [0.15, 0.2) is 0 Å². The Labute approximate surface area is 124 Å². The molecule has 20 heavy (non-hydrogen) atoms. The van der Waals surface area contributed by atoms with Gasteiger partial charge >= 0.3 is 0 Å². The molecule has 1 aliphatic rings. The van der Waals surface area contributed by atoms with Crippen LogP contribution >= 0.6 is 11.6 Å². The van der Waals surface area contributed by atoms with Crippen LogP contribution in [0.1, 0.15) is 24.8 Å². The number of halogens is 1. The number of alkyl halides is 1. The fraction of sp³-hybridized carbons (Fsp3) is 0.333. The predicted molar refractivity (Wildman–Crippen MR) is 84.4 cm³/mol. The summed E-state index contributed by atoms with van der Waals surface area (Å²) >= 11 is 5.62. The normalized spacial score (nSPS) is 13.8. The topological polar surface area (TPSA) is 9.23 Å². The predicted octanol–water partition coefficient (Wildman–Crippen LogP) is 4.61. The van der Waals surface area contributed by atoms with Gasteiger partial charge in [-0.2, -0.15) is 0 Å². The van der Waals surface area contributed by atoms with Crippen LogP contribution in [-0.2, 0) is 0 Å². The summed E-state index contributed by atoms with van der Waals surface area (Å²) in [6, 6.07) is 12.5. The molecule has 0 bridgehead atoms. The number of benzene rings is 2. The van der Waals surface area contributed by atoms with Gasteiger partial charge in [-0.05, 0) is 53.8 Å². The minimum Gasteiger partial charge on any atom is -0.493 e. The molecule has 0 saturated heterocycles. The van der Waals surface area contributed by atoms with Crippen LogP contribution in [0.25, 0.3) is 10.8 Å². The third-order valence-corrected chi connectivity index (χ3v) is 3.64. The zero-order valence-electron chi connectivity index (χ0n) is 11.4. The van der Waals surface area contributed by atoms with Crippen LogP contribution in [0.2, 0.25) is 0 Å². The molecule has 102 valence electrons. The Kier molecular flexibility index (Phi) is 4.14. The van der Waals surface area contributed by atoms with Crippen LogP contribution in [0, 0.1) is 17.8 Å². The summed E-state index contributed by atoms with van der Waals surface area (Å²) in [7, 11) is 0. The van der Waals surface area contributed by atoms with Crippen molar-refractivity contribution in [2.45, 2.75) is 19.3 Å². The molecule has 0 atom stereocenters. The molecular formula is C18H17ClO. The molecule has 1 fully saturated rings. The Morgan fingerprint density at radius 2 is 1.90 bits per heavy atom. The second-order valence-corrected chi connectivity index (χ2v) is 5.60. The van der Waals surface area contributed by atoms with E-state index in [0.29, 0.717) is 5.88 Å². The van der Waals surface area contributed by atoms with Crippen LogP contribution in [0.4, 0.5) is 0 Å². The lowest BCUT2D eigenvalue weighted by Crippen LogP contribution is -1.98. The lowest BCUT2D eigenvalue weighted by atomic mass is 10.1. The van der Waals surface area contributed by atoms with E-state index in [0.717, 1.165) is 30.3 Å². The van der Waals surface area contributed by atoms with Gasteiger partial charge in [0.1, 0.15) is 5.75 Å². The smallest absolute Gasteiger partial charge is 0.119 e. The van der Waals surface area contributed by atoms with E-state index >= 15 is 0 Å². The molecule has 2 aromatic rings. The quantitative estimate of drug-likeness (QED) is 0.588. The van der Waals surface area contributed by atoms with Crippen molar-refractivity contribution in [3.05, 3.63) is 42.0 Å². The highest BCUT2D eigenvalue weighted by atomic mass is 35.5. The zero-order valence-corrected chi connectivity index (χ0v) is 12.1. The summed E-state index contributed by atoms with van der Waals surface area (Å²) in [5.74, 6) is 8.53. The highest BCUT2D eigenvalue weighted by molar-refractivity contribution is 6.18. The molecule has 3 rings (SSSR count). The maximum Gasteiger partial charge on any atom is 0.119 e. The molecule has 0 heterocycles. The van der Waals surface area contributed by atoms with Crippen molar-refractivity contribution in [2.75, 3.05) is 12.5 Å². The summed E-state index contributed by atoms with van der Waals surface area (Å²) in [5, 5.41) is 2.39. The van der Waals surface area contributed by atoms with Crippen molar-refractivity contribution in [1.29, 1.82) is 0 Å². The summed E-state index contributed by atoms with van der Waals surface area (Å²) in [4.78, 5) is 0. The third kappa shape index (κ3) is 3.46. The molecule has 0 aliphatic heterocycles. The van der Waals surface area contributed by atoms with Gasteiger partial charge in [-0.3, -0.25) is 0 Å². The Morgan fingerprint density at radius 3 is 2.70 bits per heavy atom. The lowest BCUT2D eigenvalue weighted by Gasteiger charge is -2.06. The number of rotatable bonds is 4. The average Bonchev–Trinajstić information content (AvgIpc) is 3.29. The number of hydrogen-bond acceptors (Lipinski definition) is 1. The summed E-state index contributed by atoms with van der Waals surface area (Å²) in [6.45, 7) is 0.855. The molecular weight excluding hydrogens is 268 g/mol. The first-order chi connectivity index (χ1) is 9.85. The van der Waals surface area contributed by atoms with E-state index in [1.54, 1.807) is 0 Å². The Bertz CT molecular complexity index is 662. The van der Waals surface area contributed by atoms with Gasteiger partial charge in [-0.1, -0.05) is 24.0 Å². The van der Waals surface area contributed by atoms with Crippen molar-refractivity contribution >= 4 is 22.4 Å². The molecule has 2 heteroatoms.